The van der Waals surface area contributed by atoms with Crippen molar-refractivity contribution in [3.63, 3.8) is 0 Å². The van der Waals surface area contributed by atoms with Crippen LogP contribution in [0.25, 0.3) is 0 Å². The SMILES string of the molecule is O=C(CN1CCCCc2ccccc21)Nc1ccc(OCc2ccccc2)nc1. The number of nitrogens with one attached hydrogen (secondary N) is 1. The number of carbonyl (C=O) groups excluding carboxylic acids is 1. The number of anilines is 2. The van der Waals surface area contributed by atoms with Gasteiger partial charge in [0.1, 0.15) is 6.61 Å². The average Bonchev–Trinajstić information content (AvgIpc) is 2.96. The molecule has 1 amide bonds. The van der Waals surface area contributed by atoms with Crippen molar-refractivity contribution in [3.8, 4) is 5.88 Å². The monoisotopic (exact) mass is 387 g/mol. The number of rotatable bonds is 6. The summed E-state index contributed by atoms with van der Waals surface area (Å²) >= 11 is 0. The molecule has 29 heavy (non-hydrogen) atoms. The fourth-order valence-electron chi connectivity index (χ4n) is 3.58. The third-order valence-corrected chi connectivity index (χ3v) is 5.04. The Kier molecular flexibility index (Phi) is 6.05. The number of carbonyl (C=O) groups is 1. The fraction of sp³-hybridized carbons (Fsp3) is 0.250. The van der Waals surface area contributed by atoms with E-state index in [1.807, 2.05) is 42.5 Å². The van der Waals surface area contributed by atoms with Crippen LogP contribution < -0.4 is 15.0 Å². The molecule has 2 heterocycles. The molecule has 148 valence electrons. The van der Waals surface area contributed by atoms with E-state index in [1.54, 1.807) is 12.3 Å². The van der Waals surface area contributed by atoms with Crippen molar-refractivity contribution in [1.82, 2.24) is 4.98 Å². The summed E-state index contributed by atoms with van der Waals surface area (Å²) in [5.41, 5.74) is 4.25. The largest absolute Gasteiger partial charge is 0.473 e. The molecule has 1 N–H and O–H groups in total. The lowest BCUT2D eigenvalue weighted by atomic mass is 10.1. The zero-order valence-corrected chi connectivity index (χ0v) is 16.4. The zero-order chi connectivity index (χ0) is 19.9. The number of aryl methyl sites for hydroxylation is 1. The second-order valence-corrected chi connectivity index (χ2v) is 7.21. The number of hydrogen-bond donors (Lipinski definition) is 1. The van der Waals surface area contributed by atoms with E-state index in [0.717, 1.165) is 31.4 Å². The molecule has 5 heteroatoms. The molecule has 0 bridgehead atoms. The summed E-state index contributed by atoms with van der Waals surface area (Å²) in [7, 11) is 0. The van der Waals surface area contributed by atoms with Crippen LogP contribution in [-0.4, -0.2) is 24.0 Å². The predicted octanol–water partition coefficient (Wildman–Crippen LogP) is 4.44. The van der Waals surface area contributed by atoms with Gasteiger partial charge >= 0.3 is 0 Å². The molecule has 4 rings (SSSR count). The van der Waals surface area contributed by atoms with E-state index in [9.17, 15) is 4.79 Å². The number of nitrogens with zero attached hydrogens (tertiary/aromatic N) is 2. The molecule has 0 saturated heterocycles. The molecule has 1 aliphatic heterocycles. The Morgan fingerprint density at radius 2 is 1.83 bits per heavy atom. The van der Waals surface area contributed by atoms with Crippen molar-refractivity contribution in [2.45, 2.75) is 25.9 Å². The van der Waals surface area contributed by atoms with Crippen LogP contribution in [0.5, 0.6) is 5.88 Å². The smallest absolute Gasteiger partial charge is 0.243 e. The van der Waals surface area contributed by atoms with Gasteiger partial charge in [0.05, 0.1) is 18.4 Å². The highest BCUT2D eigenvalue weighted by Gasteiger charge is 2.17. The molecule has 0 atom stereocenters. The summed E-state index contributed by atoms with van der Waals surface area (Å²) in [4.78, 5) is 19.0. The van der Waals surface area contributed by atoms with Gasteiger partial charge in [-0.25, -0.2) is 4.98 Å². The standard InChI is InChI=1S/C24H25N3O2/c28-23(17-27-15-7-6-11-20-10-4-5-12-22(20)27)26-21-13-14-24(25-16-21)29-18-19-8-2-1-3-9-19/h1-5,8-10,12-14,16H,6-7,11,15,17-18H2,(H,26,28). The van der Waals surface area contributed by atoms with Crippen molar-refractivity contribution >= 4 is 17.3 Å². The summed E-state index contributed by atoms with van der Waals surface area (Å²) in [6.45, 7) is 1.70. The molecule has 0 saturated carbocycles. The lowest BCUT2D eigenvalue weighted by Gasteiger charge is -2.24. The summed E-state index contributed by atoms with van der Waals surface area (Å²) < 4.78 is 5.69. The normalized spacial score (nSPS) is 13.3. The quantitative estimate of drug-likeness (QED) is 0.679. The summed E-state index contributed by atoms with van der Waals surface area (Å²) in [6.07, 6.45) is 4.96. The molecule has 1 aromatic heterocycles. The molecule has 0 radical (unpaired) electrons. The summed E-state index contributed by atoms with van der Waals surface area (Å²) in [5.74, 6) is 0.495. The van der Waals surface area contributed by atoms with Gasteiger partial charge in [-0.3, -0.25) is 4.79 Å². The lowest BCUT2D eigenvalue weighted by Crippen LogP contribution is -2.34. The van der Waals surface area contributed by atoms with Crippen LogP contribution in [0.15, 0.2) is 72.9 Å². The van der Waals surface area contributed by atoms with Gasteiger partial charge in [0.2, 0.25) is 11.8 Å². The van der Waals surface area contributed by atoms with E-state index in [0.29, 0.717) is 24.7 Å². The second-order valence-electron chi connectivity index (χ2n) is 7.21. The van der Waals surface area contributed by atoms with E-state index in [1.165, 1.54) is 11.3 Å². The van der Waals surface area contributed by atoms with E-state index < -0.39 is 0 Å². The van der Waals surface area contributed by atoms with Crippen LogP contribution >= 0.6 is 0 Å². The van der Waals surface area contributed by atoms with Crippen molar-refractivity contribution in [2.75, 3.05) is 23.3 Å². The molecule has 5 nitrogen and oxygen atoms in total. The zero-order valence-electron chi connectivity index (χ0n) is 16.4. The summed E-state index contributed by atoms with van der Waals surface area (Å²) in [5, 5.41) is 2.94. The number of fused-ring (bicyclic) bond motifs is 1. The van der Waals surface area contributed by atoms with Crippen molar-refractivity contribution in [1.29, 1.82) is 0 Å². The van der Waals surface area contributed by atoms with Crippen LogP contribution in [0.4, 0.5) is 11.4 Å². The maximum Gasteiger partial charge on any atom is 0.243 e. The van der Waals surface area contributed by atoms with Crippen LogP contribution in [0.3, 0.4) is 0 Å². The number of aromatic nitrogens is 1. The van der Waals surface area contributed by atoms with Gasteiger partial charge in [-0.1, -0.05) is 48.5 Å². The van der Waals surface area contributed by atoms with Crippen LogP contribution in [-0.2, 0) is 17.8 Å². The maximum absolute atomic E-state index is 12.6. The van der Waals surface area contributed by atoms with Gasteiger partial charge in [0, 0.05) is 18.3 Å². The Morgan fingerprint density at radius 3 is 2.66 bits per heavy atom. The molecule has 0 spiro atoms. The molecule has 1 aliphatic rings. The van der Waals surface area contributed by atoms with E-state index in [2.05, 4.69) is 33.4 Å². The third-order valence-electron chi connectivity index (χ3n) is 5.04. The van der Waals surface area contributed by atoms with E-state index in [-0.39, 0.29) is 5.91 Å². The fourth-order valence-corrected chi connectivity index (χ4v) is 3.58. The number of pyridine rings is 1. The first kappa shape index (κ1) is 19.0. The Balaban J connectivity index is 1.33. The van der Waals surface area contributed by atoms with Gasteiger partial charge in [0.25, 0.3) is 0 Å². The van der Waals surface area contributed by atoms with Gasteiger partial charge in [-0.15, -0.1) is 0 Å². The first-order valence-electron chi connectivity index (χ1n) is 10.0. The predicted molar refractivity (Wildman–Crippen MR) is 115 cm³/mol. The first-order valence-corrected chi connectivity index (χ1v) is 10.0. The molecular weight excluding hydrogens is 362 g/mol. The number of hydrogen-bond acceptors (Lipinski definition) is 4. The van der Waals surface area contributed by atoms with Gasteiger partial charge < -0.3 is 15.0 Å². The third kappa shape index (κ3) is 5.13. The topological polar surface area (TPSA) is 54.5 Å². The van der Waals surface area contributed by atoms with E-state index >= 15 is 0 Å². The Labute approximate surface area is 171 Å². The van der Waals surface area contributed by atoms with Crippen molar-refractivity contribution in [3.05, 3.63) is 84.1 Å². The van der Waals surface area contributed by atoms with Gasteiger partial charge in [-0.05, 0) is 42.5 Å². The van der Waals surface area contributed by atoms with Gasteiger partial charge in [-0.2, -0.15) is 0 Å². The summed E-state index contributed by atoms with van der Waals surface area (Å²) in [6, 6.07) is 21.9. The molecular formula is C24H25N3O2. The van der Waals surface area contributed by atoms with Crippen LogP contribution in [0.1, 0.15) is 24.0 Å². The molecule has 3 aromatic rings. The van der Waals surface area contributed by atoms with Gasteiger partial charge in [0.15, 0.2) is 0 Å². The minimum atomic E-state index is -0.0403. The number of para-hydroxylation sites is 1. The highest BCUT2D eigenvalue weighted by Crippen LogP contribution is 2.26. The molecule has 0 fully saturated rings. The second kappa shape index (κ2) is 9.24. The van der Waals surface area contributed by atoms with Crippen LogP contribution in [0, 0.1) is 0 Å². The molecule has 0 aliphatic carbocycles. The van der Waals surface area contributed by atoms with Crippen molar-refractivity contribution in [2.24, 2.45) is 0 Å². The first-order chi connectivity index (χ1) is 14.3. The minimum absolute atomic E-state index is 0.0403. The molecule has 0 unspecified atom stereocenters. The maximum atomic E-state index is 12.6. The molecule has 2 aromatic carbocycles. The van der Waals surface area contributed by atoms with E-state index in [4.69, 9.17) is 4.74 Å². The lowest BCUT2D eigenvalue weighted by molar-refractivity contribution is -0.115. The number of benzene rings is 2. The number of amides is 1. The average molecular weight is 387 g/mol. The minimum Gasteiger partial charge on any atom is -0.473 e. The number of ether oxygens (including phenoxy) is 1. The highest BCUT2D eigenvalue weighted by molar-refractivity contribution is 5.94. The van der Waals surface area contributed by atoms with Crippen molar-refractivity contribution < 1.29 is 9.53 Å². The van der Waals surface area contributed by atoms with Crippen LogP contribution in [0.2, 0.25) is 0 Å². The highest BCUT2D eigenvalue weighted by atomic mass is 16.5. The Bertz CT molecular complexity index is 942. The Hall–Kier alpha value is -3.34. The Morgan fingerprint density at radius 1 is 1.00 bits per heavy atom.